The molecule has 1 rings (SSSR count). The lowest BCUT2D eigenvalue weighted by Gasteiger charge is -2.15. The molecule has 0 unspecified atom stereocenters. The summed E-state index contributed by atoms with van der Waals surface area (Å²) in [7, 11) is 3.14. The molecule has 0 radical (unpaired) electrons. The van der Waals surface area contributed by atoms with Gasteiger partial charge < -0.3 is 19.5 Å². The van der Waals surface area contributed by atoms with Crippen LogP contribution in [0.5, 0.6) is 11.5 Å². The molecule has 0 spiro atoms. The lowest BCUT2D eigenvalue weighted by Crippen LogP contribution is -2.35. The van der Waals surface area contributed by atoms with Crippen LogP contribution in [0.4, 0.5) is 0 Å². The highest BCUT2D eigenvalue weighted by Crippen LogP contribution is 2.36. The molecule has 0 aliphatic carbocycles. The van der Waals surface area contributed by atoms with Gasteiger partial charge in [-0.3, -0.25) is 4.79 Å². The summed E-state index contributed by atoms with van der Waals surface area (Å²) in [4.78, 5) is 12.1. The van der Waals surface area contributed by atoms with E-state index in [4.69, 9.17) is 14.2 Å². The van der Waals surface area contributed by atoms with Crippen molar-refractivity contribution in [3.63, 3.8) is 0 Å². The van der Waals surface area contributed by atoms with Crippen LogP contribution in [0.1, 0.15) is 24.2 Å². The minimum Gasteiger partial charge on any atom is -0.493 e. The van der Waals surface area contributed by atoms with E-state index in [1.165, 1.54) is 0 Å². The first-order chi connectivity index (χ1) is 9.53. The van der Waals surface area contributed by atoms with E-state index in [-0.39, 0.29) is 11.9 Å². The predicted molar refractivity (Wildman–Crippen MR) is 80.7 cm³/mol. The molecule has 0 heterocycles. The molecule has 1 aromatic carbocycles. The van der Waals surface area contributed by atoms with Crippen LogP contribution in [-0.4, -0.2) is 39.4 Å². The summed E-state index contributed by atoms with van der Waals surface area (Å²) in [5, 5.41) is 2.85. The van der Waals surface area contributed by atoms with Gasteiger partial charge in [0.25, 0.3) is 5.91 Å². The van der Waals surface area contributed by atoms with E-state index < -0.39 is 0 Å². The van der Waals surface area contributed by atoms with Gasteiger partial charge in [-0.05, 0) is 41.9 Å². The van der Waals surface area contributed by atoms with E-state index in [1.807, 2.05) is 13.8 Å². The number of methoxy groups -OCH3 is 2. The average Bonchev–Trinajstić information content (AvgIpc) is 2.41. The number of hydrogen-bond acceptors (Lipinski definition) is 4. The molecule has 0 saturated heterocycles. The van der Waals surface area contributed by atoms with E-state index >= 15 is 0 Å². The van der Waals surface area contributed by atoms with E-state index in [2.05, 4.69) is 21.2 Å². The van der Waals surface area contributed by atoms with Crippen molar-refractivity contribution in [1.29, 1.82) is 0 Å². The summed E-state index contributed by atoms with van der Waals surface area (Å²) < 4.78 is 16.4. The number of nitrogens with one attached hydrogen (secondary N) is 1. The molecule has 1 atom stereocenters. The Hall–Kier alpha value is -1.27. The Kier molecular flexibility index (Phi) is 6.81. The van der Waals surface area contributed by atoms with Crippen LogP contribution in [0, 0.1) is 0 Å². The second-order valence-electron chi connectivity index (χ2n) is 4.25. The highest BCUT2D eigenvalue weighted by Gasteiger charge is 2.16. The normalized spacial score (nSPS) is 11.8. The van der Waals surface area contributed by atoms with Gasteiger partial charge in [-0.1, -0.05) is 0 Å². The molecule has 20 heavy (non-hydrogen) atoms. The maximum absolute atomic E-state index is 12.1. The van der Waals surface area contributed by atoms with Crippen LogP contribution in [-0.2, 0) is 4.74 Å². The minimum absolute atomic E-state index is 0.0659. The van der Waals surface area contributed by atoms with Crippen molar-refractivity contribution in [3.05, 3.63) is 22.2 Å². The number of halogens is 1. The molecule has 5 nitrogen and oxygen atoms in total. The minimum atomic E-state index is -0.184. The molecule has 0 bridgehead atoms. The standard InChI is InChI=1S/C14H20BrNO4/c1-5-20-13-11(15)6-10(7-12(13)19-4)14(17)16-9(2)8-18-3/h6-7,9H,5,8H2,1-4H3,(H,16,17)/t9-/m0/s1. The topological polar surface area (TPSA) is 56.8 Å². The second kappa shape index (κ2) is 8.11. The van der Waals surface area contributed by atoms with Crippen molar-refractivity contribution in [3.8, 4) is 11.5 Å². The number of amides is 1. The van der Waals surface area contributed by atoms with E-state index in [0.717, 1.165) is 0 Å². The molecule has 1 N–H and O–H groups in total. The number of rotatable bonds is 7. The summed E-state index contributed by atoms with van der Waals surface area (Å²) in [6.07, 6.45) is 0. The van der Waals surface area contributed by atoms with Gasteiger partial charge in [-0.15, -0.1) is 0 Å². The molecule has 1 amide bonds. The average molecular weight is 346 g/mol. The van der Waals surface area contributed by atoms with Crippen molar-refractivity contribution in [1.82, 2.24) is 5.32 Å². The molecule has 0 aliphatic rings. The highest BCUT2D eigenvalue weighted by atomic mass is 79.9. The van der Waals surface area contributed by atoms with Crippen LogP contribution in [0.15, 0.2) is 16.6 Å². The van der Waals surface area contributed by atoms with Gasteiger partial charge in [0.1, 0.15) is 0 Å². The summed E-state index contributed by atoms with van der Waals surface area (Å²) in [6.45, 7) is 4.74. The first kappa shape index (κ1) is 16.8. The maximum atomic E-state index is 12.1. The van der Waals surface area contributed by atoms with Gasteiger partial charge in [0.15, 0.2) is 11.5 Å². The maximum Gasteiger partial charge on any atom is 0.251 e. The van der Waals surface area contributed by atoms with Crippen molar-refractivity contribution in [2.24, 2.45) is 0 Å². The third-order valence-electron chi connectivity index (χ3n) is 2.57. The third kappa shape index (κ3) is 4.38. The van der Waals surface area contributed by atoms with E-state index in [0.29, 0.717) is 34.7 Å². The number of ether oxygens (including phenoxy) is 3. The summed E-state index contributed by atoms with van der Waals surface area (Å²) in [5.74, 6) is 0.929. The quantitative estimate of drug-likeness (QED) is 0.825. The number of hydrogen-bond donors (Lipinski definition) is 1. The van der Waals surface area contributed by atoms with Crippen LogP contribution in [0.3, 0.4) is 0 Å². The predicted octanol–water partition coefficient (Wildman–Crippen LogP) is 2.62. The van der Waals surface area contributed by atoms with Gasteiger partial charge in [0.2, 0.25) is 0 Å². The Morgan fingerprint density at radius 2 is 2.10 bits per heavy atom. The highest BCUT2D eigenvalue weighted by molar-refractivity contribution is 9.10. The van der Waals surface area contributed by atoms with Crippen LogP contribution >= 0.6 is 15.9 Å². The molecule has 1 aromatic rings. The first-order valence-electron chi connectivity index (χ1n) is 6.33. The van der Waals surface area contributed by atoms with Gasteiger partial charge in [-0.2, -0.15) is 0 Å². The third-order valence-corrected chi connectivity index (χ3v) is 3.16. The van der Waals surface area contributed by atoms with Crippen LogP contribution in [0.25, 0.3) is 0 Å². The largest absolute Gasteiger partial charge is 0.493 e. The van der Waals surface area contributed by atoms with Crippen LogP contribution in [0.2, 0.25) is 0 Å². The first-order valence-corrected chi connectivity index (χ1v) is 7.12. The monoisotopic (exact) mass is 345 g/mol. The Morgan fingerprint density at radius 3 is 2.65 bits per heavy atom. The summed E-state index contributed by atoms with van der Waals surface area (Å²) in [6, 6.07) is 3.30. The van der Waals surface area contributed by atoms with Gasteiger partial charge >= 0.3 is 0 Å². The fraction of sp³-hybridized carbons (Fsp3) is 0.500. The van der Waals surface area contributed by atoms with Gasteiger partial charge in [0.05, 0.1) is 24.8 Å². The Bertz CT molecular complexity index is 465. The molecule has 6 heteroatoms. The Morgan fingerprint density at radius 1 is 1.40 bits per heavy atom. The number of carbonyl (C=O) groups excluding carboxylic acids is 1. The number of benzene rings is 1. The van der Waals surface area contributed by atoms with E-state index in [9.17, 15) is 4.79 Å². The Labute approximate surface area is 127 Å². The van der Waals surface area contributed by atoms with Crippen molar-refractivity contribution in [2.45, 2.75) is 19.9 Å². The SMILES string of the molecule is CCOc1c(Br)cc(C(=O)N[C@@H](C)COC)cc1OC. The zero-order chi connectivity index (χ0) is 15.1. The second-order valence-corrected chi connectivity index (χ2v) is 5.11. The molecule has 0 saturated carbocycles. The number of carbonyl (C=O) groups is 1. The fourth-order valence-corrected chi connectivity index (χ4v) is 2.29. The lowest BCUT2D eigenvalue weighted by atomic mass is 10.1. The molecule has 0 fully saturated rings. The van der Waals surface area contributed by atoms with Crippen molar-refractivity contribution < 1.29 is 19.0 Å². The molecular weight excluding hydrogens is 326 g/mol. The zero-order valence-electron chi connectivity index (χ0n) is 12.2. The fourth-order valence-electron chi connectivity index (χ4n) is 1.73. The summed E-state index contributed by atoms with van der Waals surface area (Å²) in [5.41, 5.74) is 0.500. The Balaban J connectivity index is 2.96. The van der Waals surface area contributed by atoms with Crippen LogP contribution < -0.4 is 14.8 Å². The van der Waals surface area contributed by atoms with Crippen molar-refractivity contribution in [2.75, 3.05) is 27.4 Å². The molecule has 112 valence electrons. The summed E-state index contributed by atoms with van der Waals surface area (Å²) >= 11 is 3.40. The molecular formula is C14H20BrNO4. The molecule has 0 aromatic heterocycles. The zero-order valence-corrected chi connectivity index (χ0v) is 13.7. The smallest absolute Gasteiger partial charge is 0.251 e. The van der Waals surface area contributed by atoms with Gasteiger partial charge in [0, 0.05) is 18.7 Å². The van der Waals surface area contributed by atoms with E-state index in [1.54, 1.807) is 26.4 Å². The lowest BCUT2D eigenvalue weighted by molar-refractivity contribution is 0.0905. The van der Waals surface area contributed by atoms with Crippen molar-refractivity contribution >= 4 is 21.8 Å². The molecule has 0 aliphatic heterocycles. The van der Waals surface area contributed by atoms with Gasteiger partial charge in [-0.25, -0.2) is 0 Å².